The van der Waals surface area contributed by atoms with Crippen LogP contribution in [0.5, 0.6) is 0 Å². The van der Waals surface area contributed by atoms with Crippen molar-refractivity contribution in [3.8, 4) is 0 Å². The Balaban J connectivity index is 1.35. The molecule has 0 spiro atoms. The van der Waals surface area contributed by atoms with Gasteiger partial charge in [0.1, 0.15) is 0 Å². The molecule has 1 aliphatic rings. The lowest BCUT2D eigenvalue weighted by atomic mass is 9.90. The third-order valence-electron chi connectivity index (χ3n) is 5.69. The van der Waals surface area contributed by atoms with Gasteiger partial charge < -0.3 is 10.2 Å². The fraction of sp³-hybridized carbons (Fsp3) is 0.375. The molecule has 0 aliphatic carbocycles. The molecule has 1 fully saturated rings. The van der Waals surface area contributed by atoms with Crippen LogP contribution in [0.2, 0.25) is 0 Å². The largest absolute Gasteiger partial charge is 0.355 e. The minimum absolute atomic E-state index is 0.523. The molecule has 5 nitrogen and oxygen atoms in total. The Morgan fingerprint density at radius 3 is 2.41 bits per heavy atom. The minimum atomic E-state index is 0.523. The van der Waals surface area contributed by atoms with Crippen LogP contribution in [-0.2, 0) is 6.42 Å². The van der Waals surface area contributed by atoms with Crippen molar-refractivity contribution < 1.29 is 0 Å². The average molecular weight is 388 g/mol. The van der Waals surface area contributed by atoms with Gasteiger partial charge in [-0.2, -0.15) is 10.1 Å². The first kappa shape index (κ1) is 19.4. The topological polar surface area (TPSA) is 53.9 Å². The van der Waals surface area contributed by atoms with Crippen LogP contribution in [-0.4, -0.2) is 28.3 Å². The van der Waals surface area contributed by atoms with Gasteiger partial charge in [-0.3, -0.25) is 0 Å². The Bertz CT molecular complexity index is 900. The van der Waals surface area contributed by atoms with E-state index in [0.717, 1.165) is 36.9 Å². The zero-order chi connectivity index (χ0) is 20.1. The van der Waals surface area contributed by atoms with Gasteiger partial charge in [0.2, 0.25) is 5.95 Å². The highest BCUT2D eigenvalue weighted by Gasteiger charge is 2.21. The van der Waals surface area contributed by atoms with Crippen molar-refractivity contribution in [3.63, 3.8) is 0 Å². The van der Waals surface area contributed by atoms with Crippen LogP contribution in [0.25, 0.3) is 0 Å². The lowest BCUT2D eigenvalue weighted by Gasteiger charge is -2.32. The lowest BCUT2D eigenvalue weighted by molar-refractivity contribution is 0.402. The summed E-state index contributed by atoms with van der Waals surface area (Å²) in [6.07, 6.45) is 5.29. The molecule has 4 rings (SSSR count). The van der Waals surface area contributed by atoms with Gasteiger partial charge in [0.25, 0.3) is 0 Å². The predicted molar refractivity (Wildman–Crippen MR) is 119 cm³/mol. The van der Waals surface area contributed by atoms with Crippen molar-refractivity contribution in [3.05, 3.63) is 71.9 Å². The van der Waals surface area contributed by atoms with E-state index in [1.165, 1.54) is 24.0 Å². The number of nitrogens with one attached hydrogen (secondary N) is 1. The Kier molecular flexibility index (Phi) is 6.03. The molecule has 1 saturated heterocycles. The zero-order valence-corrected chi connectivity index (χ0v) is 17.3. The molecule has 1 N–H and O–H groups in total. The van der Waals surface area contributed by atoms with Crippen molar-refractivity contribution in [1.82, 2.24) is 15.2 Å². The quantitative estimate of drug-likeness (QED) is 0.630. The van der Waals surface area contributed by atoms with Crippen molar-refractivity contribution in [2.24, 2.45) is 5.92 Å². The zero-order valence-electron chi connectivity index (χ0n) is 17.3. The summed E-state index contributed by atoms with van der Waals surface area (Å²) in [6, 6.07) is 19.2. The van der Waals surface area contributed by atoms with Crippen molar-refractivity contribution in [1.29, 1.82) is 0 Å². The molecule has 2 aromatic carbocycles. The highest BCUT2D eigenvalue weighted by Crippen LogP contribution is 2.25. The summed E-state index contributed by atoms with van der Waals surface area (Å²) in [5.41, 5.74) is 3.74. The number of nitrogens with zero attached hydrogens (tertiary/aromatic N) is 4. The molecule has 1 aromatic heterocycles. The number of rotatable bonds is 6. The molecule has 5 heteroatoms. The first-order chi connectivity index (χ1) is 14.2. The lowest BCUT2D eigenvalue weighted by Crippen LogP contribution is -2.35. The van der Waals surface area contributed by atoms with Gasteiger partial charge in [0.05, 0.1) is 6.20 Å². The summed E-state index contributed by atoms with van der Waals surface area (Å²) < 4.78 is 0. The van der Waals surface area contributed by atoms with E-state index in [0.29, 0.717) is 11.9 Å². The third kappa shape index (κ3) is 5.11. The smallest absolute Gasteiger partial charge is 0.249 e. The maximum absolute atomic E-state index is 4.70. The SMILES string of the molecule is CC(C)c1ccc(Nc2nncc(N3CCC(Cc4ccccc4)CC3)n2)cc1. The van der Waals surface area contributed by atoms with Crippen molar-refractivity contribution in [2.75, 3.05) is 23.3 Å². The Morgan fingerprint density at radius 2 is 1.72 bits per heavy atom. The maximum Gasteiger partial charge on any atom is 0.249 e. The standard InChI is InChI=1S/C24H29N5/c1-18(2)21-8-10-22(11-9-21)26-24-27-23(17-25-28-24)29-14-12-20(13-15-29)16-19-6-4-3-5-7-19/h3-11,17-18,20H,12-16H2,1-2H3,(H,26,27,28). The fourth-order valence-corrected chi connectivity index (χ4v) is 3.89. The Morgan fingerprint density at radius 1 is 1.00 bits per heavy atom. The van der Waals surface area contributed by atoms with Gasteiger partial charge in [-0.1, -0.05) is 56.3 Å². The van der Waals surface area contributed by atoms with Crippen LogP contribution >= 0.6 is 0 Å². The Hall–Kier alpha value is -2.95. The molecule has 3 aromatic rings. The van der Waals surface area contributed by atoms with Gasteiger partial charge in [-0.25, -0.2) is 0 Å². The molecule has 0 amide bonds. The summed E-state index contributed by atoms with van der Waals surface area (Å²) in [6.45, 7) is 6.42. The van der Waals surface area contributed by atoms with Gasteiger partial charge in [-0.15, -0.1) is 5.10 Å². The number of hydrogen-bond acceptors (Lipinski definition) is 5. The molecule has 1 aliphatic heterocycles. The molecule has 2 heterocycles. The molecule has 150 valence electrons. The fourth-order valence-electron chi connectivity index (χ4n) is 3.89. The van der Waals surface area contributed by atoms with E-state index in [1.807, 2.05) is 0 Å². The molecule has 0 saturated carbocycles. The molecule has 0 radical (unpaired) electrons. The monoisotopic (exact) mass is 387 g/mol. The van der Waals surface area contributed by atoms with Crippen molar-refractivity contribution >= 4 is 17.5 Å². The number of hydrogen-bond donors (Lipinski definition) is 1. The summed E-state index contributed by atoms with van der Waals surface area (Å²) >= 11 is 0. The molecular formula is C24H29N5. The van der Waals surface area contributed by atoms with Crippen LogP contribution in [0.15, 0.2) is 60.8 Å². The normalized spacial score (nSPS) is 14.9. The van der Waals surface area contributed by atoms with E-state index >= 15 is 0 Å². The summed E-state index contributed by atoms with van der Waals surface area (Å²) in [5, 5.41) is 11.6. The van der Waals surface area contributed by atoms with Gasteiger partial charge in [0, 0.05) is 18.8 Å². The maximum atomic E-state index is 4.70. The average Bonchev–Trinajstić information content (AvgIpc) is 2.76. The summed E-state index contributed by atoms with van der Waals surface area (Å²) in [4.78, 5) is 7.02. The van der Waals surface area contributed by atoms with E-state index in [-0.39, 0.29) is 0 Å². The Labute approximate surface area is 173 Å². The van der Waals surface area contributed by atoms with Gasteiger partial charge in [-0.05, 0) is 54.4 Å². The van der Waals surface area contributed by atoms with Gasteiger partial charge in [0.15, 0.2) is 5.82 Å². The number of aromatic nitrogens is 3. The van der Waals surface area contributed by atoms with E-state index in [1.54, 1.807) is 6.20 Å². The van der Waals surface area contributed by atoms with Crippen LogP contribution in [0.4, 0.5) is 17.5 Å². The van der Waals surface area contributed by atoms with Crippen LogP contribution < -0.4 is 10.2 Å². The van der Waals surface area contributed by atoms with Crippen molar-refractivity contribution in [2.45, 2.75) is 39.0 Å². The van der Waals surface area contributed by atoms with Crippen LogP contribution in [0.1, 0.15) is 43.7 Å². The molecule has 29 heavy (non-hydrogen) atoms. The van der Waals surface area contributed by atoms with Crippen LogP contribution in [0.3, 0.4) is 0 Å². The van der Waals surface area contributed by atoms with Gasteiger partial charge >= 0.3 is 0 Å². The van der Waals surface area contributed by atoms with E-state index in [9.17, 15) is 0 Å². The number of piperidine rings is 1. The van der Waals surface area contributed by atoms with E-state index in [4.69, 9.17) is 4.98 Å². The summed E-state index contributed by atoms with van der Waals surface area (Å²) in [5.74, 6) is 2.71. The van der Waals surface area contributed by atoms with E-state index < -0.39 is 0 Å². The molecule has 0 atom stereocenters. The minimum Gasteiger partial charge on any atom is -0.355 e. The molecule has 0 bridgehead atoms. The number of benzene rings is 2. The number of anilines is 3. The molecular weight excluding hydrogens is 358 g/mol. The second-order valence-electron chi connectivity index (χ2n) is 8.16. The highest BCUT2D eigenvalue weighted by molar-refractivity contribution is 5.55. The molecule has 0 unspecified atom stereocenters. The first-order valence-electron chi connectivity index (χ1n) is 10.5. The van der Waals surface area contributed by atoms with E-state index in [2.05, 4.69) is 88.9 Å². The van der Waals surface area contributed by atoms with Crippen LogP contribution in [0, 0.1) is 5.92 Å². The highest BCUT2D eigenvalue weighted by atomic mass is 15.3. The second kappa shape index (κ2) is 9.03. The summed E-state index contributed by atoms with van der Waals surface area (Å²) in [7, 11) is 0. The second-order valence-corrected chi connectivity index (χ2v) is 8.16. The predicted octanol–water partition coefficient (Wildman–Crippen LogP) is 5.20. The third-order valence-corrected chi connectivity index (χ3v) is 5.69. The first-order valence-corrected chi connectivity index (χ1v) is 10.5.